The molecule has 46 heavy (non-hydrogen) atoms. The van der Waals surface area contributed by atoms with E-state index in [0.29, 0.717) is 34.1 Å². The fourth-order valence-electron chi connectivity index (χ4n) is 5.27. The molecule has 6 N–H and O–H groups in total. The zero-order valence-corrected chi connectivity index (χ0v) is 28.0. The molecule has 244 valence electrons. The smallest absolute Gasteiger partial charge is 0.353 e. The maximum Gasteiger partial charge on any atom is 0.353 e. The van der Waals surface area contributed by atoms with E-state index in [4.69, 9.17) is 22.4 Å². The summed E-state index contributed by atoms with van der Waals surface area (Å²) in [7, 11) is -3.53. The lowest BCUT2D eigenvalue weighted by molar-refractivity contribution is -0.134. The van der Waals surface area contributed by atoms with E-state index in [9.17, 15) is 23.1 Å². The minimum absolute atomic E-state index is 0.0429. The molecule has 6 rings (SSSR count). The summed E-state index contributed by atoms with van der Waals surface area (Å²) in [6.07, 6.45) is 10.1. The third-order valence-electron chi connectivity index (χ3n) is 7.57. The lowest BCUT2D eigenvalue weighted by Gasteiger charge is -2.10. The van der Waals surface area contributed by atoms with E-state index in [2.05, 4.69) is 15.0 Å². The van der Waals surface area contributed by atoms with Crippen LogP contribution in [-0.4, -0.2) is 58.8 Å². The molecule has 0 saturated carbocycles. The number of unbranched alkanes of at least 4 members (excludes halogenated alkanes) is 3. The number of carbonyl (C=O) groups is 2. The second kappa shape index (κ2) is 15.0. The van der Waals surface area contributed by atoms with Crippen molar-refractivity contribution in [2.75, 3.05) is 18.8 Å². The highest BCUT2D eigenvalue weighted by atomic mass is 35.5. The first kappa shape index (κ1) is 33.9. The maximum atomic E-state index is 12.5. The molecular formula is C31H34ClN5O6S3. The number of hydrogen-bond acceptors (Lipinski definition) is 9. The van der Waals surface area contributed by atoms with Crippen LogP contribution in [0.3, 0.4) is 0 Å². The van der Waals surface area contributed by atoms with Crippen molar-refractivity contribution in [3.8, 4) is 0 Å². The Labute approximate surface area is 279 Å². The van der Waals surface area contributed by atoms with Crippen LogP contribution in [0, 0.1) is 0 Å². The number of rotatable bonds is 11. The van der Waals surface area contributed by atoms with Gasteiger partial charge in [-0.15, -0.1) is 23.1 Å². The van der Waals surface area contributed by atoms with Gasteiger partial charge in [-0.05, 0) is 50.8 Å². The Kier molecular flexibility index (Phi) is 11.1. The largest absolute Gasteiger partial charge is 0.478 e. The third kappa shape index (κ3) is 7.59. The van der Waals surface area contributed by atoms with Crippen molar-refractivity contribution in [3.05, 3.63) is 81.4 Å². The number of thioether (sulfide) groups is 1. The number of nitrogens with zero attached hydrogens (tertiary/aromatic N) is 2. The van der Waals surface area contributed by atoms with Gasteiger partial charge in [0.15, 0.2) is 4.96 Å². The summed E-state index contributed by atoms with van der Waals surface area (Å²) in [6.45, 7) is 1.12. The van der Waals surface area contributed by atoms with E-state index < -0.39 is 22.0 Å². The molecule has 2 aromatic heterocycles. The molecule has 1 aliphatic carbocycles. The molecular weight excluding hydrogens is 670 g/mol. The highest BCUT2D eigenvalue weighted by Crippen LogP contribution is 2.37. The van der Waals surface area contributed by atoms with Crippen LogP contribution in [0.15, 0.2) is 65.0 Å². The minimum atomic E-state index is -3.53. The highest BCUT2D eigenvalue weighted by Gasteiger charge is 2.26. The van der Waals surface area contributed by atoms with Gasteiger partial charge < -0.3 is 21.3 Å². The fraction of sp³-hybridized carbons (Fsp3) is 0.323. The Morgan fingerprint density at radius 2 is 1.80 bits per heavy atom. The van der Waals surface area contributed by atoms with Crippen molar-refractivity contribution in [2.24, 2.45) is 5.73 Å². The Morgan fingerprint density at radius 1 is 1.04 bits per heavy atom. The number of aryl methyl sites for hydroxylation is 2. The lowest BCUT2D eigenvalue weighted by Crippen LogP contribution is -2.25. The Balaban J connectivity index is 0.000000182. The summed E-state index contributed by atoms with van der Waals surface area (Å²) in [6, 6.07) is 10.4. The van der Waals surface area contributed by atoms with Gasteiger partial charge in [0, 0.05) is 51.1 Å². The summed E-state index contributed by atoms with van der Waals surface area (Å²) in [5.41, 5.74) is 7.32. The minimum Gasteiger partial charge on any atom is -0.478 e. The van der Waals surface area contributed by atoms with E-state index in [1.165, 1.54) is 28.5 Å². The molecule has 1 aliphatic heterocycles. The topological polar surface area (TPSA) is 176 Å². The number of carboxylic acids is 2. The van der Waals surface area contributed by atoms with Crippen molar-refractivity contribution in [2.45, 2.75) is 49.8 Å². The molecule has 0 atom stereocenters. The average Bonchev–Trinajstić information content (AvgIpc) is 3.67. The molecule has 0 saturated heterocycles. The first-order valence-electron chi connectivity index (χ1n) is 14.8. The Morgan fingerprint density at radius 3 is 2.57 bits per heavy atom. The van der Waals surface area contributed by atoms with Crippen molar-refractivity contribution in [1.29, 1.82) is 0 Å². The maximum absolute atomic E-state index is 12.5. The first-order chi connectivity index (χ1) is 22.1. The zero-order valence-electron chi connectivity index (χ0n) is 24.8. The average molecular weight is 704 g/mol. The van der Waals surface area contributed by atoms with Crippen molar-refractivity contribution >= 4 is 77.3 Å². The molecule has 0 bridgehead atoms. The number of fused-ring (bicyclic) bond motifs is 4. The number of aromatic nitrogens is 2. The molecule has 4 aromatic rings. The highest BCUT2D eigenvalue weighted by molar-refractivity contribution is 8.08. The number of nitrogens with one attached hydrogen (secondary N) is 2. The van der Waals surface area contributed by atoms with Gasteiger partial charge in [0.05, 0.1) is 21.1 Å². The SMILES string of the molecule is NCCCCCCNS(=O)(=O)c1cccc2c(Cl)cccc12.O=C(O)C1=CNC(C(=O)O)=C(c2cn3c4c(sc3n2)CCC4)SC1. The number of aliphatic carboxylic acids is 2. The van der Waals surface area contributed by atoms with Crippen LogP contribution in [0.4, 0.5) is 0 Å². The van der Waals surface area contributed by atoms with Crippen molar-refractivity contribution in [3.63, 3.8) is 0 Å². The van der Waals surface area contributed by atoms with Gasteiger partial charge in [0.2, 0.25) is 10.0 Å². The molecule has 0 fully saturated rings. The van der Waals surface area contributed by atoms with Crippen molar-refractivity contribution in [1.82, 2.24) is 19.4 Å². The van der Waals surface area contributed by atoms with E-state index in [0.717, 1.165) is 55.3 Å². The number of imidazole rings is 1. The summed E-state index contributed by atoms with van der Waals surface area (Å²) < 4.78 is 29.6. The van der Waals surface area contributed by atoms with Crippen LogP contribution in [0.5, 0.6) is 0 Å². The van der Waals surface area contributed by atoms with Crippen LogP contribution < -0.4 is 15.8 Å². The summed E-state index contributed by atoms with van der Waals surface area (Å²) >= 11 is 8.94. The van der Waals surface area contributed by atoms with Crippen LogP contribution in [0.2, 0.25) is 5.02 Å². The molecule has 2 aromatic carbocycles. The fourth-order valence-corrected chi connectivity index (χ4v) is 9.04. The normalized spacial score (nSPS) is 14.8. The third-order valence-corrected chi connectivity index (χ3v) is 11.7. The quantitative estimate of drug-likeness (QED) is 0.130. The number of sulfonamides is 1. The zero-order chi connectivity index (χ0) is 32.8. The Bertz CT molecular complexity index is 1950. The van der Waals surface area contributed by atoms with Gasteiger partial charge >= 0.3 is 11.9 Å². The van der Waals surface area contributed by atoms with Crippen LogP contribution in [0.1, 0.15) is 48.4 Å². The summed E-state index contributed by atoms with van der Waals surface area (Å²) in [4.78, 5) is 30.2. The number of nitrogens with two attached hydrogens (primary N) is 1. The monoisotopic (exact) mass is 703 g/mol. The number of thiazole rings is 1. The number of halogens is 1. The molecule has 0 unspecified atom stereocenters. The van der Waals surface area contributed by atoms with Gasteiger partial charge in [-0.25, -0.2) is 27.7 Å². The van der Waals surface area contributed by atoms with Crippen LogP contribution >= 0.6 is 34.7 Å². The van der Waals surface area contributed by atoms with E-state index in [-0.39, 0.29) is 21.9 Å². The standard InChI is InChI=1S/C16H21ClN2O2S.C15H13N3O4S2/c17-15-9-5-8-14-13(15)7-6-10-16(14)22(20,21)19-12-4-2-1-3-11-18;19-13(20)7-4-16-11(14(21)22)12(23-6-7)8-5-18-9-2-1-3-10(9)24-15(18)17-8/h5-10,19H,1-4,11-12,18H2;4-5,16H,1-3,6H2,(H,19,20)(H,21,22). The van der Waals surface area contributed by atoms with Crippen LogP contribution in [0.25, 0.3) is 20.6 Å². The van der Waals surface area contributed by atoms with E-state index in [1.807, 2.05) is 16.7 Å². The van der Waals surface area contributed by atoms with E-state index in [1.54, 1.807) is 41.7 Å². The number of benzene rings is 2. The first-order valence-corrected chi connectivity index (χ1v) is 18.4. The Hall–Kier alpha value is -3.40. The van der Waals surface area contributed by atoms with Gasteiger partial charge in [-0.1, -0.05) is 48.7 Å². The summed E-state index contributed by atoms with van der Waals surface area (Å²) in [5.74, 6) is -2.02. The lowest BCUT2D eigenvalue weighted by atomic mass is 10.1. The van der Waals surface area contributed by atoms with E-state index >= 15 is 0 Å². The predicted molar refractivity (Wildman–Crippen MR) is 183 cm³/mol. The van der Waals surface area contributed by atoms with Gasteiger partial charge in [0.1, 0.15) is 5.70 Å². The van der Waals surface area contributed by atoms with Gasteiger partial charge in [-0.2, -0.15) is 0 Å². The molecule has 11 nitrogen and oxygen atoms in total. The van der Waals surface area contributed by atoms with Gasteiger partial charge in [-0.3, -0.25) is 4.40 Å². The van der Waals surface area contributed by atoms with Crippen molar-refractivity contribution < 1.29 is 28.2 Å². The molecule has 0 spiro atoms. The number of carboxylic acid groups (broad SMARTS) is 2. The predicted octanol–water partition coefficient (Wildman–Crippen LogP) is 5.23. The molecule has 0 amide bonds. The molecule has 15 heteroatoms. The second-order valence-corrected chi connectivity index (χ2v) is 14.9. The molecule has 2 aliphatic rings. The van der Waals surface area contributed by atoms with Crippen LogP contribution in [-0.2, 0) is 32.5 Å². The molecule has 0 radical (unpaired) electrons. The molecule has 3 heterocycles. The van der Waals surface area contributed by atoms with Gasteiger partial charge in [0.25, 0.3) is 0 Å². The number of hydrogen-bond donors (Lipinski definition) is 5. The second-order valence-electron chi connectivity index (χ2n) is 10.7. The summed E-state index contributed by atoms with van der Waals surface area (Å²) in [5, 5.41) is 23.1.